The molecule has 1 N–H and O–H groups in total. The second-order valence-corrected chi connectivity index (χ2v) is 5.73. The zero-order valence-corrected chi connectivity index (χ0v) is 13.9. The Labute approximate surface area is 139 Å². The van der Waals surface area contributed by atoms with E-state index in [9.17, 15) is 4.79 Å². The monoisotopic (exact) mass is 337 g/mol. The Morgan fingerprint density at radius 2 is 2.14 bits per heavy atom. The van der Waals surface area contributed by atoms with Gasteiger partial charge in [-0.15, -0.1) is 0 Å². The summed E-state index contributed by atoms with van der Waals surface area (Å²) in [6, 6.07) is 7.19. The quantitative estimate of drug-likeness (QED) is 0.795. The molecule has 0 aliphatic rings. The van der Waals surface area contributed by atoms with Gasteiger partial charge in [0.05, 0.1) is 22.3 Å². The predicted octanol–water partition coefficient (Wildman–Crippen LogP) is 4.81. The maximum Gasteiger partial charge on any atom is 0.249 e. The van der Waals surface area contributed by atoms with Crippen molar-refractivity contribution in [3.8, 4) is 0 Å². The summed E-state index contributed by atoms with van der Waals surface area (Å²) >= 11 is 11.8. The highest BCUT2D eigenvalue weighted by molar-refractivity contribution is 6.42. The second kappa shape index (κ2) is 7.47. The summed E-state index contributed by atoms with van der Waals surface area (Å²) < 4.78 is 1.80. The van der Waals surface area contributed by atoms with Gasteiger partial charge in [0.2, 0.25) is 5.91 Å². The van der Waals surface area contributed by atoms with Crippen molar-refractivity contribution in [3.63, 3.8) is 0 Å². The van der Waals surface area contributed by atoms with Crippen LogP contribution < -0.4 is 5.32 Å². The Balaban J connectivity index is 2.05. The lowest BCUT2D eigenvalue weighted by Crippen LogP contribution is -2.15. The molecule has 1 aromatic heterocycles. The summed E-state index contributed by atoms with van der Waals surface area (Å²) in [4.78, 5) is 12.0. The SMILES string of the molecule is CCC(C)n1nccc1NC(=O)/C=C/c1ccc(Cl)c(Cl)c1. The average Bonchev–Trinajstić information content (AvgIpc) is 2.95. The summed E-state index contributed by atoms with van der Waals surface area (Å²) in [6.07, 6.45) is 5.74. The number of rotatable bonds is 5. The van der Waals surface area contributed by atoms with E-state index in [1.54, 1.807) is 41.2 Å². The van der Waals surface area contributed by atoms with E-state index in [1.165, 1.54) is 6.08 Å². The van der Waals surface area contributed by atoms with Crippen LogP contribution in [0.15, 0.2) is 36.5 Å². The van der Waals surface area contributed by atoms with Crippen LogP contribution >= 0.6 is 23.2 Å². The minimum atomic E-state index is -0.226. The molecule has 1 atom stereocenters. The third kappa shape index (κ3) is 4.12. The molecule has 1 unspecified atom stereocenters. The minimum absolute atomic E-state index is 0.226. The summed E-state index contributed by atoms with van der Waals surface area (Å²) in [6.45, 7) is 4.12. The molecule has 2 aromatic rings. The van der Waals surface area contributed by atoms with Gasteiger partial charge in [-0.3, -0.25) is 4.79 Å². The summed E-state index contributed by atoms with van der Waals surface area (Å²) in [5.74, 6) is 0.453. The second-order valence-electron chi connectivity index (χ2n) is 4.91. The maximum absolute atomic E-state index is 12.0. The van der Waals surface area contributed by atoms with Crippen LogP contribution in [0.1, 0.15) is 31.9 Å². The first-order valence-corrected chi connectivity index (χ1v) is 7.74. The van der Waals surface area contributed by atoms with Crippen LogP contribution in [-0.4, -0.2) is 15.7 Å². The predicted molar refractivity (Wildman–Crippen MR) is 91.4 cm³/mol. The van der Waals surface area contributed by atoms with Crippen LogP contribution in [0.4, 0.5) is 5.82 Å². The molecule has 6 heteroatoms. The molecule has 0 saturated carbocycles. The molecule has 0 radical (unpaired) electrons. The van der Waals surface area contributed by atoms with Crippen LogP contribution in [0, 0.1) is 0 Å². The number of carbonyl (C=O) groups is 1. The molecule has 0 fully saturated rings. The molecule has 0 aliphatic carbocycles. The van der Waals surface area contributed by atoms with Gasteiger partial charge >= 0.3 is 0 Å². The number of carbonyl (C=O) groups excluding carboxylic acids is 1. The minimum Gasteiger partial charge on any atom is -0.307 e. The Hall–Kier alpha value is -1.78. The zero-order chi connectivity index (χ0) is 16.1. The number of hydrogen-bond donors (Lipinski definition) is 1. The number of aromatic nitrogens is 2. The van der Waals surface area contributed by atoms with Crippen LogP contribution in [0.3, 0.4) is 0 Å². The fraction of sp³-hybridized carbons (Fsp3) is 0.250. The van der Waals surface area contributed by atoms with Gasteiger partial charge in [0.25, 0.3) is 0 Å². The summed E-state index contributed by atoms with van der Waals surface area (Å²) in [5, 5.41) is 7.99. The van der Waals surface area contributed by atoms with E-state index >= 15 is 0 Å². The van der Waals surface area contributed by atoms with E-state index in [1.807, 2.05) is 6.92 Å². The first-order valence-electron chi connectivity index (χ1n) is 6.99. The Bertz CT molecular complexity index is 694. The number of hydrogen-bond acceptors (Lipinski definition) is 2. The van der Waals surface area contributed by atoms with Crippen molar-refractivity contribution >= 4 is 41.0 Å². The lowest BCUT2D eigenvalue weighted by molar-refractivity contribution is -0.111. The van der Waals surface area contributed by atoms with Crippen molar-refractivity contribution in [1.29, 1.82) is 0 Å². The highest BCUT2D eigenvalue weighted by Gasteiger charge is 2.09. The van der Waals surface area contributed by atoms with Crippen LogP contribution in [0.5, 0.6) is 0 Å². The molecule has 1 heterocycles. The third-order valence-corrected chi connectivity index (χ3v) is 4.04. The van der Waals surface area contributed by atoms with E-state index in [0.717, 1.165) is 12.0 Å². The Kier molecular flexibility index (Phi) is 5.63. The lowest BCUT2D eigenvalue weighted by atomic mass is 10.2. The fourth-order valence-electron chi connectivity index (χ4n) is 1.89. The molecule has 2 rings (SSSR count). The molecule has 116 valence electrons. The number of nitrogens with one attached hydrogen (secondary N) is 1. The van der Waals surface area contributed by atoms with Gasteiger partial charge in [-0.2, -0.15) is 5.10 Å². The van der Waals surface area contributed by atoms with Crippen molar-refractivity contribution in [1.82, 2.24) is 9.78 Å². The number of nitrogens with zero attached hydrogens (tertiary/aromatic N) is 2. The number of amides is 1. The number of benzene rings is 1. The summed E-state index contributed by atoms with van der Waals surface area (Å²) in [5.41, 5.74) is 0.806. The largest absolute Gasteiger partial charge is 0.307 e. The van der Waals surface area contributed by atoms with Crippen LogP contribution in [0.2, 0.25) is 10.0 Å². The van der Waals surface area contributed by atoms with E-state index in [2.05, 4.69) is 17.3 Å². The van der Waals surface area contributed by atoms with E-state index in [0.29, 0.717) is 15.9 Å². The van der Waals surface area contributed by atoms with Crippen molar-refractivity contribution in [2.45, 2.75) is 26.3 Å². The van der Waals surface area contributed by atoms with Gasteiger partial charge in [-0.1, -0.05) is 36.2 Å². The van der Waals surface area contributed by atoms with E-state index in [4.69, 9.17) is 23.2 Å². The average molecular weight is 338 g/mol. The van der Waals surface area contributed by atoms with E-state index in [-0.39, 0.29) is 11.9 Å². The molecule has 1 aromatic carbocycles. The standard InChI is InChI=1S/C16H17Cl2N3O/c1-3-11(2)21-15(8-9-19-21)20-16(22)7-5-12-4-6-13(17)14(18)10-12/h4-11H,3H2,1-2H3,(H,20,22)/b7-5+. The van der Waals surface area contributed by atoms with Gasteiger partial charge in [-0.05, 0) is 37.1 Å². The molecule has 0 bridgehead atoms. The van der Waals surface area contributed by atoms with Crippen molar-refractivity contribution in [2.24, 2.45) is 0 Å². The molecular formula is C16H17Cl2N3O. The van der Waals surface area contributed by atoms with Crippen molar-refractivity contribution in [2.75, 3.05) is 5.32 Å². The van der Waals surface area contributed by atoms with E-state index < -0.39 is 0 Å². The molecule has 22 heavy (non-hydrogen) atoms. The first kappa shape index (κ1) is 16.6. The first-order chi connectivity index (χ1) is 10.5. The number of anilines is 1. The third-order valence-electron chi connectivity index (χ3n) is 3.30. The zero-order valence-electron chi connectivity index (χ0n) is 12.4. The molecule has 0 spiro atoms. The lowest BCUT2D eigenvalue weighted by Gasteiger charge is -2.13. The highest BCUT2D eigenvalue weighted by atomic mass is 35.5. The van der Waals surface area contributed by atoms with Gasteiger partial charge < -0.3 is 5.32 Å². The molecule has 0 saturated heterocycles. The molecule has 4 nitrogen and oxygen atoms in total. The normalized spacial score (nSPS) is 12.5. The Morgan fingerprint density at radius 1 is 1.36 bits per heavy atom. The van der Waals surface area contributed by atoms with Gasteiger partial charge in [-0.25, -0.2) is 4.68 Å². The van der Waals surface area contributed by atoms with Gasteiger partial charge in [0, 0.05) is 12.1 Å². The number of halogens is 2. The Morgan fingerprint density at radius 3 is 2.82 bits per heavy atom. The molecule has 0 aliphatic heterocycles. The van der Waals surface area contributed by atoms with Gasteiger partial charge in [0.1, 0.15) is 5.82 Å². The topological polar surface area (TPSA) is 46.9 Å². The van der Waals surface area contributed by atoms with Crippen LogP contribution in [0.25, 0.3) is 6.08 Å². The smallest absolute Gasteiger partial charge is 0.249 e. The fourth-order valence-corrected chi connectivity index (χ4v) is 2.20. The maximum atomic E-state index is 12.0. The van der Waals surface area contributed by atoms with Crippen molar-refractivity contribution < 1.29 is 4.79 Å². The van der Waals surface area contributed by atoms with Crippen molar-refractivity contribution in [3.05, 3.63) is 52.1 Å². The van der Waals surface area contributed by atoms with Gasteiger partial charge in [0.15, 0.2) is 0 Å². The molecule has 1 amide bonds. The molecular weight excluding hydrogens is 321 g/mol. The van der Waals surface area contributed by atoms with Crippen LogP contribution in [-0.2, 0) is 4.79 Å². The highest BCUT2D eigenvalue weighted by Crippen LogP contribution is 2.23. The summed E-state index contributed by atoms with van der Waals surface area (Å²) in [7, 11) is 0.